The molecule has 1 saturated heterocycles. The summed E-state index contributed by atoms with van der Waals surface area (Å²) in [5.74, 6) is 0.495. The molecule has 0 aromatic heterocycles. The summed E-state index contributed by atoms with van der Waals surface area (Å²) in [5.41, 5.74) is 0.0571. The molecule has 1 fully saturated rings. The third kappa shape index (κ3) is 5.52. The lowest BCUT2D eigenvalue weighted by molar-refractivity contribution is -0.143. The van der Waals surface area contributed by atoms with Crippen LogP contribution in [-0.2, 0) is 9.53 Å². The van der Waals surface area contributed by atoms with Gasteiger partial charge in [-0.2, -0.15) is 0 Å². The van der Waals surface area contributed by atoms with Crippen LogP contribution in [0.1, 0.15) is 59.8 Å². The van der Waals surface area contributed by atoms with Crippen LogP contribution in [0.15, 0.2) is 0 Å². The summed E-state index contributed by atoms with van der Waals surface area (Å²) in [6, 6.07) is 0. The second-order valence-electron chi connectivity index (χ2n) is 6.71. The van der Waals surface area contributed by atoms with Crippen LogP contribution in [0.3, 0.4) is 0 Å². The molecule has 0 N–H and O–H groups in total. The van der Waals surface area contributed by atoms with Crippen molar-refractivity contribution in [1.29, 1.82) is 0 Å². The fourth-order valence-electron chi connectivity index (χ4n) is 2.71. The number of carbonyl (C=O) groups is 1. The first kappa shape index (κ1) is 16.5. The summed E-state index contributed by atoms with van der Waals surface area (Å²) in [6.45, 7) is 11.7. The predicted octanol–water partition coefficient (Wildman–Crippen LogP) is 3.48. The largest absolute Gasteiger partial charge is 0.378 e. The lowest BCUT2D eigenvalue weighted by Gasteiger charge is -2.36. The van der Waals surface area contributed by atoms with Crippen LogP contribution in [0.2, 0.25) is 0 Å². The lowest BCUT2D eigenvalue weighted by atomic mass is 9.76. The average Bonchev–Trinajstić information content (AvgIpc) is 2.37. The second-order valence-corrected chi connectivity index (χ2v) is 6.71. The Morgan fingerprint density at radius 3 is 2.32 bits per heavy atom. The van der Waals surface area contributed by atoms with E-state index >= 15 is 0 Å². The van der Waals surface area contributed by atoms with Gasteiger partial charge >= 0.3 is 0 Å². The molecule has 0 spiro atoms. The zero-order chi connectivity index (χ0) is 14.3. The number of hydrogen-bond acceptors (Lipinski definition) is 2. The van der Waals surface area contributed by atoms with Gasteiger partial charge in [-0.15, -0.1) is 0 Å². The van der Waals surface area contributed by atoms with Crippen LogP contribution in [0, 0.1) is 11.3 Å². The number of nitrogens with zero attached hydrogens (tertiary/aromatic N) is 1. The van der Waals surface area contributed by atoms with E-state index in [-0.39, 0.29) is 11.3 Å². The summed E-state index contributed by atoms with van der Waals surface area (Å²) >= 11 is 0. The molecular formula is C16H31NO2. The Balaban J connectivity index is 2.54. The van der Waals surface area contributed by atoms with E-state index in [1.54, 1.807) is 0 Å². The van der Waals surface area contributed by atoms with Gasteiger partial charge in [-0.25, -0.2) is 0 Å². The third-order valence-corrected chi connectivity index (χ3v) is 4.01. The maximum Gasteiger partial charge on any atom is 0.226 e. The highest BCUT2D eigenvalue weighted by Crippen LogP contribution is 2.32. The van der Waals surface area contributed by atoms with Crippen LogP contribution in [0.25, 0.3) is 0 Å². The fourth-order valence-corrected chi connectivity index (χ4v) is 2.71. The maximum atomic E-state index is 12.7. The van der Waals surface area contributed by atoms with E-state index in [1.165, 1.54) is 25.7 Å². The molecule has 3 heteroatoms. The van der Waals surface area contributed by atoms with E-state index in [2.05, 4.69) is 27.7 Å². The smallest absolute Gasteiger partial charge is 0.226 e. The van der Waals surface area contributed by atoms with Gasteiger partial charge in [0.05, 0.1) is 13.2 Å². The molecule has 1 aliphatic rings. The number of carbonyl (C=O) groups excluding carboxylic acids is 1. The number of ether oxygens (including phenoxy) is 1. The minimum Gasteiger partial charge on any atom is -0.378 e. The second kappa shape index (κ2) is 7.88. The van der Waals surface area contributed by atoms with Gasteiger partial charge in [-0.3, -0.25) is 4.79 Å². The minimum absolute atomic E-state index is 0.0571. The Morgan fingerprint density at radius 2 is 1.79 bits per heavy atom. The average molecular weight is 269 g/mol. The van der Waals surface area contributed by atoms with Crippen LogP contribution >= 0.6 is 0 Å². The zero-order valence-corrected chi connectivity index (χ0v) is 13.2. The molecule has 1 rings (SSSR count). The van der Waals surface area contributed by atoms with Gasteiger partial charge in [0.1, 0.15) is 0 Å². The molecule has 1 aliphatic heterocycles. The van der Waals surface area contributed by atoms with Crippen LogP contribution < -0.4 is 0 Å². The van der Waals surface area contributed by atoms with Crippen molar-refractivity contribution in [2.75, 3.05) is 26.3 Å². The first-order chi connectivity index (χ1) is 8.96. The Morgan fingerprint density at radius 1 is 1.16 bits per heavy atom. The molecule has 1 heterocycles. The molecule has 1 amide bonds. The lowest BCUT2D eigenvalue weighted by Crippen LogP contribution is -2.46. The predicted molar refractivity (Wildman–Crippen MR) is 79.1 cm³/mol. The SMILES string of the molecule is CCCCCCC(C(=O)N1CCOCC1)C(C)(C)C. The van der Waals surface area contributed by atoms with E-state index in [9.17, 15) is 4.79 Å². The van der Waals surface area contributed by atoms with E-state index in [0.29, 0.717) is 19.1 Å². The highest BCUT2D eigenvalue weighted by molar-refractivity contribution is 5.79. The van der Waals surface area contributed by atoms with E-state index in [0.717, 1.165) is 19.5 Å². The molecule has 1 unspecified atom stereocenters. The van der Waals surface area contributed by atoms with Crippen molar-refractivity contribution < 1.29 is 9.53 Å². The molecule has 112 valence electrons. The van der Waals surface area contributed by atoms with Crippen molar-refractivity contribution >= 4 is 5.91 Å². The van der Waals surface area contributed by atoms with Crippen LogP contribution in [0.5, 0.6) is 0 Å². The quantitative estimate of drug-likeness (QED) is 0.691. The molecule has 0 radical (unpaired) electrons. The molecule has 1 atom stereocenters. The third-order valence-electron chi connectivity index (χ3n) is 4.01. The Bertz CT molecular complexity index is 264. The molecule has 0 bridgehead atoms. The van der Waals surface area contributed by atoms with Crippen molar-refractivity contribution in [3.63, 3.8) is 0 Å². The molecule has 0 saturated carbocycles. The Labute approximate surface area is 118 Å². The monoisotopic (exact) mass is 269 g/mol. The first-order valence-electron chi connectivity index (χ1n) is 7.83. The summed E-state index contributed by atoms with van der Waals surface area (Å²) in [7, 11) is 0. The molecule has 0 aromatic rings. The summed E-state index contributed by atoms with van der Waals surface area (Å²) in [4.78, 5) is 14.7. The Kier molecular flexibility index (Phi) is 6.84. The topological polar surface area (TPSA) is 29.5 Å². The molecular weight excluding hydrogens is 238 g/mol. The highest BCUT2D eigenvalue weighted by Gasteiger charge is 2.34. The summed E-state index contributed by atoms with van der Waals surface area (Å²) < 4.78 is 5.33. The normalized spacial score (nSPS) is 18.4. The first-order valence-corrected chi connectivity index (χ1v) is 7.83. The summed E-state index contributed by atoms with van der Waals surface area (Å²) in [6.07, 6.45) is 5.98. The van der Waals surface area contributed by atoms with Crippen molar-refractivity contribution in [1.82, 2.24) is 4.90 Å². The fraction of sp³-hybridized carbons (Fsp3) is 0.938. The molecule has 0 aromatic carbocycles. The van der Waals surface area contributed by atoms with Crippen LogP contribution in [0.4, 0.5) is 0 Å². The van der Waals surface area contributed by atoms with Crippen LogP contribution in [-0.4, -0.2) is 37.1 Å². The number of morpholine rings is 1. The van der Waals surface area contributed by atoms with Gasteiger partial charge in [0.25, 0.3) is 0 Å². The Hall–Kier alpha value is -0.570. The minimum atomic E-state index is 0.0571. The molecule has 0 aliphatic carbocycles. The van der Waals surface area contributed by atoms with Gasteiger partial charge in [-0.1, -0.05) is 53.4 Å². The summed E-state index contributed by atoms with van der Waals surface area (Å²) in [5, 5.41) is 0. The van der Waals surface area contributed by atoms with E-state index < -0.39 is 0 Å². The maximum absolute atomic E-state index is 12.7. The van der Waals surface area contributed by atoms with E-state index in [1.807, 2.05) is 4.90 Å². The van der Waals surface area contributed by atoms with Crippen molar-refractivity contribution in [3.8, 4) is 0 Å². The molecule has 3 nitrogen and oxygen atoms in total. The van der Waals surface area contributed by atoms with Gasteiger partial charge < -0.3 is 9.64 Å². The van der Waals surface area contributed by atoms with Crippen molar-refractivity contribution in [3.05, 3.63) is 0 Å². The number of rotatable bonds is 6. The van der Waals surface area contributed by atoms with E-state index in [4.69, 9.17) is 4.74 Å². The number of hydrogen-bond donors (Lipinski definition) is 0. The van der Waals surface area contributed by atoms with Gasteiger partial charge in [0.15, 0.2) is 0 Å². The standard InChI is InChI=1S/C16H31NO2/c1-5-6-7-8-9-14(16(2,3)4)15(18)17-10-12-19-13-11-17/h14H,5-13H2,1-4H3. The van der Waals surface area contributed by atoms with Gasteiger partial charge in [0, 0.05) is 19.0 Å². The number of amides is 1. The van der Waals surface area contributed by atoms with Crippen molar-refractivity contribution in [2.45, 2.75) is 59.8 Å². The zero-order valence-electron chi connectivity index (χ0n) is 13.2. The number of unbranched alkanes of at least 4 members (excludes halogenated alkanes) is 3. The highest BCUT2D eigenvalue weighted by atomic mass is 16.5. The van der Waals surface area contributed by atoms with Gasteiger partial charge in [-0.05, 0) is 11.8 Å². The molecule has 19 heavy (non-hydrogen) atoms. The van der Waals surface area contributed by atoms with Gasteiger partial charge in [0.2, 0.25) is 5.91 Å². The van der Waals surface area contributed by atoms with Crippen molar-refractivity contribution in [2.24, 2.45) is 11.3 Å².